The van der Waals surface area contributed by atoms with Gasteiger partial charge in [-0.25, -0.2) is 5.43 Å². The molecule has 0 spiro atoms. The molecule has 36 heavy (non-hydrogen) atoms. The topological polar surface area (TPSA) is 53.5 Å². The zero-order valence-corrected chi connectivity index (χ0v) is 22.4. The third-order valence-electron chi connectivity index (χ3n) is 6.85. The smallest absolute Gasteiger partial charge is 0.253 e. The van der Waals surface area contributed by atoms with Crippen molar-refractivity contribution in [1.82, 2.24) is 5.43 Å². The monoisotopic (exact) mass is 535 g/mol. The number of benzene rings is 3. The van der Waals surface area contributed by atoms with E-state index in [1.807, 2.05) is 62.4 Å². The molecule has 1 aliphatic heterocycles. The number of anilines is 1. The average Bonchev–Trinajstić information content (AvgIpc) is 3.38. The van der Waals surface area contributed by atoms with Crippen molar-refractivity contribution in [3.63, 3.8) is 0 Å². The number of carbonyl (C=O) groups excluding carboxylic acids is 1. The average molecular weight is 537 g/mol. The summed E-state index contributed by atoms with van der Waals surface area (Å²) in [6.07, 6.45) is 5.58. The molecule has 1 aliphatic carbocycles. The first-order chi connectivity index (χ1) is 17.4. The van der Waals surface area contributed by atoms with Crippen LogP contribution in [0.3, 0.4) is 0 Å². The first-order valence-electron chi connectivity index (χ1n) is 12.0. The number of carbonyl (C=O) groups is 1. The van der Waals surface area contributed by atoms with Crippen molar-refractivity contribution < 1.29 is 4.79 Å². The summed E-state index contributed by atoms with van der Waals surface area (Å²) in [5, 5.41) is 9.33. The number of allylic oxidation sites excluding steroid dienone is 2. The minimum atomic E-state index is -0.290. The molecule has 4 atom stereocenters. The molecule has 184 valence electrons. The van der Waals surface area contributed by atoms with Gasteiger partial charge in [0.2, 0.25) is 0 Å². The number of hydrogen-bond donors (Lipinski definition) is 2. The maximum atomic E-state index is 12.6. The number of hydrogen-bond acceptors (Lipinski definition) is 4. The van der Waals surface area contributed by atoms with Crippen LogP contribution in [-0.4, -0.2) is 16.9 Å². The summed E-state index contributed by atoms with van der Waals surface area (Å²) in [4.78, 5) is 13.6. The van der Waals surface area contributed by atoms with E-state index in [-0.39, 0.29) is 17.2 Å². The van der Waals surface area contributed by atoms with Crippen LogP contribution >= 0.6 is 35.0 Å². The second kappa shape index (κ2) is 10.7. The summed E-state index contributed by atoms with van der Waals surface area (Å²) in [5.41, 5.74) is 7.99. The van der Waals surface area contributed by atoms with Gasteiger partial charge in [0.15, 0.2) is 0 Å². The number of halogens is 2. The molecule has 3 aromatic rings. The molecule has 0 fully saturated rings. The number of fused-ring (bicyclic) bond motifs is 3. The Kier molecular flexibility index (Phi) is 7.42. The molecule has 2 N–H and O–H groups in total. The second-order valence-electron chi connectivity index (χ2n) is 9.19. The number of nitrogens with zero attached hydrogens (tertiary/aromatic N) is 1. The van der Waals surface area contributed by atoms with Gasteiger partial charge in [0, 0.05) is 26.5 Å². The number of nitrogens with one attached hydrogen (secondary N) is 2. The summed E-state index contributed by atoms with van der Waals surface area (Å²) in [6, 6.07) is 22.0. The number of rotatable bonds is 6. The van der Waals surface area contributed by atoms with Crippen molar-refractivity contribution in [2.75, 3.05) is 5.32 Å². The molecule has 0 saturated carbocycles. The van der Waals surface area contributed by atoms with Crippen molar-refractivity contribution in [1.29, 1.82) is 0 Å². The molecule has 2 aliphatic rings. The maximum Gasteiger partial charge on any atom is 0.253 e. The van der Waals surface area contributed by atoms with Crippen molar-refractivity contribution in [3.05, 3.63) is 106 Å². The Balaban J connectivity index is 1.31. The van der Waals surface area contributed by atoms with Gasteiger partial charge in [0.05, 0.1) is 17.0 Å². The fourth-order valence-electron chi connectivity index (χ4n) is 4.92. The van der Waals surface area contributed by atoms with E-state index in [2.05, 4.69) is 46.2 Å². The Morgan fingerprint density at radius 2 is 1.86 bits per heavy atom. The lowest BCUT2D eigenvalue weighted by Gasteiger charge is -2.38. The van der Waals surface area contributed by atoms with Crippen LogP contribution in [0.1, 0.15) is 48.9 Å². The van der Waals surface area contributed by atoms with Gasteiger partial charge in [-0.15, -0.1) is 11.8 Å². The van der Waals surface area contributed by atoms with E-state index in [1.165, 1.54) is 17.3 Å². The van der Waals surface area contributed by atoms with Crippen LogP contribution in [0.2, 0.25) is 10.0 Å². The van der Waals surface area contributed by atoms with Crippen LogP contribution in [0.5, 0.6) is 0 Å². The third-order valence-corrected chi connectivity index (χ3v) is 8.56. The summed E-state index contributed by atoms with van der Waals surface area (Å²) in [5.74, 6) is 0.561. The van der Waals surface area contributed by atoms with Crippen molar-refractivity contribution >= 4 is 52.3 Å². The van der Waals surface area contributed by atoms with E-state index in [1.54, 1.807) is 0 Å². The molecule has 0 radical (unpaired) electrons. The highest BCUT2D eigenvalue weighted by Crippen LogP contribution is 2.50. The molecule has 3 aromatic carbocycles. The summed E-state index contributed by atoms with van der Waals surface area (Å²) in [7, 11) is 0. The lowest BCUT2D eigenvalue weighted by Crippen LogP contribution is -2.29. The van der Waals surface area contributed by atoms with Crippen LogP contribution in [0.4, 0.5) is 5.69 Å². The van der Waals surface area contributed by atoms with E-state index >= 15 is 0 Å². The minimum absolute atomic E-state index is 0.143. The molecular weight excluding hydrogens is 509 g/mol. The molecule has 1 amide bonds. The molecule has 0 bridgehead atoms. The van der Waals surface area contributed by atoms with Crippen molar-refractivity contribution in [2.45, 2.75) is 42.4 Å². The number of hydrazone groups is 1. The van der Waals surface area contributed by atoms with Crippen LogP contribution in [0.15, 0.2) is 88.9 Å². The van der Waals surface area contributed by atoms with Gasteiger partial charge in [-0.2, -0.15) is 5.10 Å². The van der Waals surface area contributed by atoms with E-state index in [0.29, 0.717) is 16.9 Å². The number of amides is 1. The fraction of sp³-hybridized carbons (Fsp3) is 0.241. The standard InChI is InChI=1S/C29H27Cl2N3OS/c1-17(33-34-29(35)18(2)36-21-13-11-20(30)12-14-21)19-10-15-27-25(16-19)22-7-5-8-23(22)28(32-27)24-6-3-4-9-26(24)31/h3-7,9-16,18,22-23,28,32H,8H2,1-2H3,(H,34,35)/b33-17-/t18-,22+,23-,28+/m0/s1. The molecule has 5 rings (SSSR count). The number of thioether (sulfide) groups is 1. The first kappa shape index (κ1) is 24.9. The fourth-order valence-corrected chi connectivity index (χ4v) is 6.16. The predicted molar refractivity (Wildman–Crippen MR) is 151 cm³/mol. The quantitative estimate of drug-likeness (QED) is 0.146. The second-order valence-corrected chi connectivity index (χ2v) is 11.4. The highest BCUT2D eigenvalue weighted by atomic mass is 35.5. The van der Waals surface area contributed by atoms with Gasteiger partial charge in [-0.3, -0.25) is 4.79 Å². The van der Waals surface area contributed by atoms with Crippen LogP contribution in [0, 0.1) is 5.92 Å². The Bertz CT molecular complexity index is 1340. The van der Waals surface area contributed by atoms with Crippen LogP contribution in [0.25, 0.3) is 0 Å². The third kappa shape index (κ3) is 5.19. The molecule has 1 heterocycles. The van der Waals surface area contributed by atoms with Gasteiger partial charge in [0.25, 0.3) is 5.91 Å². The van der Waals surface area contributed by atoms with Gasteiger partial charge >= 0.3 is 0 Å². The predicted octanol–water partition coefficient (Wildman–Crippen LogP) is 7.84. The largest absolute Gasteiger partial charge is 0.378 e. The molecule has 7 heteroatoms. The summed E-state index contributed by atoms with van der Waals surface area (Å²) < 4.78 is 0. The highest BCUT2D eigenvalue weighted by molar-refractivity contribution is 8.00. The SMILES string of the molecule is C/C(=N/NC(=O)[C@H](C)Sc1ccc(Cl)cc1)c1ccc2c(c1)[C@@H]1C=CC[C@@H]1[C@H](c1ccccc1Cl)N2. The van der Waals surface area contributed by atoms with Crippen molar-refractivity contribution in [2.24, 2.45) is 11.0 Å². The molecule has 4 nitrogen and oxygen atoms in total. The zero-order valence-electron chi connectivity index (χ0n) is 20.0. The van der Waals surface area contributed by atoms with E-state index in [0.717, 1.165) is 38.9 Å². The van der Waals surface area contributed by atoms with Gasteiger partial charge in [0.1, 0.15) is 0 Å². The molecule has 0 saturated heterocycles. The highest BCUT2D eigenvalue weighted by Gasteiger charge is 2.38. The van der Waals surface area contributed by atoms with Crippen LogP contribution < -0.4 is 10.7 Å². The van der Waals surface area contributed by atoms with Crippen molar-refractivity contribution in [3.8, 4) is 0 Å². The maximum absolute atomic E-state index is 12.6. The Hall–Kier alpha value is -2.73. The Morgan fingerprint density at radius 1 is 1.08 bits per heavy atom. The van der Waals surface area contributed by atoms with Crippen LogP contribution in [-0.2, 0) is 4.79 Å². The Morgan fingerprint density at radius 3 is 2.64 bits per heavy atom. The van der Waals surface area contributed by atoms with Gasteiger partial charge in [-0.1, -0.05) is 59.6 Å². The minimum Gasteiger partial charge on any atom is -0.378 e. The first-order valence-corrected chi connectivity index (χ1v) is 13.6. The summed E-state index contributed by atoms with van der Waals surface area (Å²) in [6.45, 7) is 3.79. The molecule has 0 aromatic heterocycles. The molecule has 0 unspecified atom stereocenters. The lowest BCUT2D eigenvalue weighted by molar-refractivity contribution is -0.120. The van der Waals surface area contributed by atoms with E-state index in [4.69, 9.17) is 23.2 Å². The molecular formula is C29H27Cl2N3OS. The van der Waals surface area contributed by atoms with E-state index in [9.17, 15) is 4.79 Å². The van der Waals surface area contributed by atoms with Gasteiger partial charge < -0.3 is 5.32 Å². The summed E-state index contributed by atoms with van der Waals surface area (Å²) >= 11 is 14.0. The van der Waals surface area contributed by atoms with E-state index < -0.39 is 0 Å². The Labute approximate surface area is 226 Å². The van der Waals surface area contributed by atoms with Gasteiger partial charge in [-0.05, 0) is 85.3 Å². The zero-order chi connectivity index (χ0) is 25.2. The normalized spacial score (nSPS) is 21.3. The lowest BCUT2D eigenvalue weighted by atomic mass is 9.76.